The summed E-state index contributed by atoms with van der Waals surface area (Å²) in [5.41, 5.74) is 3.62. The molecule has 90 valence electrons. The summed E-state index contributed by atoms with van der Waals surface area (Å²) in [5.74, 6) is 1.03. The molecule has 1 aliphatic rings. The van der Waals surface area contributed by atoms with E-state index in [1.807, 2.05) is 5.51 Å². The first-order valence-corrected chi connectivity index (χ1v) is 7.35. The van der Waals surface area contributed by atoms with Crippen LogP contribution in [-0.2, 0) is 6.54 Å². The van der Waals surface area contributed by atoms with Crippen molar-refractivity contribution in [1.82, 2.24) is 9.88 Å². The van der Waals surface area contributed by atoms with Gasteiger partial charge in [0, 0.05) is 18.0 Å². The van der Waals surface area contributed by atoms with Crippen LogP contribution in [0.25, 0.3) is 0 Å². The Balaban J connectivity index is 1.89. The average Bonchev–Trinajstić information content (AvgIpc) is 2.58. The predicted octanol–water partition coefficient (Wildman–Crippen LogP) is 2.98. The molecule has 0 aliphatic heterocycles. The lowest BCUT2D eigenvalue weighted by molar-refractivity contribution is 0.102. The summed E-state index contributed by atoms with van der Waals surface area (Å²) in [6, 6.07) is 0. The molecule has 0 radical (unpaired) electrons. The first kappa shape index (κ1) is 12.4. The molecule has 1 saturated carbocycles. The minimum absolute atomic E-state index is 0.496. The molecule has 2 rings (SSSR count). The molecule has 0 spiro atoms. The highest BCUT2D eigenvalue weighted by Crippen LogP contribution is 2.42. The van der Waals surface area contributed by atoms with E-state index >= 15 is 0 Å². The highest BCUT2D eigenvalue weighted by Gasteiger charge is 2.36. The van der Waals surface area contributed by atoms with Crippen LogP contribution >= 0.6 is 24.0 Å². The lowest BCUT2D eigenvalue weighted by atomic mass is 9.70. The minimum atomic E-state index is 0.496. The average molecular weight is 256 g/mol. The van der Waals surface area contributed by atoms with Crippen LogP contribution < -0.4 is 0 Å². The zero-order chi connectivity index (χ0) is 11.6. The van der Waals surface area contributed by atoms with Crippen LogP contribution in [0, 0.1) is 12.3 Å². The summed E-state index contributed by atoms with van der Waals surface area (Å²) >= 11 is 6.27. The van der Waals surface area contributed by atoms with Gasteiger partial charge in [0.25, 0.3) is 0 Å². The molecular weight excluding hydrogens is 236 g/mol. The Morgan fingerprint density at radius 3 is 2.75 bits per heavy atom. The fourth-order valence-electron chi connectivity index (χ4n) is 2.39. The van der Waals surface area contributed by atoms with E-state index in [0.717, 1.165) is 12.3 Å². The smallest absolute Gasteiger partial charge is 0.0798 e. The molecule has 1 fully saturated rings. The fourth-order valence-corrected chi connectivity index (χ4v) is 3.67. The molecule has 0 unspecified atom stereocenters. The van der Waals surface area contributed by atoms with E-state index in [1.165, 1.54) is 36.4 Å². The molecule has 1 aromatic heterocycles. The number of thiazole rings is 1. The second-order valence-corrected chi connectivity index (χ2v) is 6.30. The lowest BCUT2D eigenvalue weighted by Gasteiger charge is -2.43. The van der Waals surface area contributed by atoms with Crippen LogP contribution in [0.3, 0.4) is 0 Å². The van der Waals surface area contributed by atoms with Crippen molar-refractivity contribution in [3.63, 3.8) is 0 Å². The second-order valence-electron chi connectivity index (χ2n) is 5.04. The molecule has 1 heterocycles. The van der Waals surface area contributed by atoms with Crippen molar-refractivity contribution in [2.24, 2.45) is 5.41 Å². The maximum Gasteiger partial charge on any atom is 0.0798 e. The number of hydrogen-bond donors (Lipinski definition) is 1. The topological polar surface area (TPSA) is 16.1 Å². The number of hydrogen-bond acceptors (Lipinski definition) is 4. The van der Waals surface area contributed by atoms with Crippen LogP contribution in [0.15, 0.2) is 5.51 Å². The number of aromatic nitrogens is 1. The SMILES string of the molecule is Cc1ncsc1CN(C)CC1(CS)CCC1. The maximum absolute atomic E-state index is 4.51. The van der Waals surface area contributed by atoms with E-state index in [-0.39, 0.29) is 0 Å². The third-order valence-electron chi connectivity index (χ3n) is 3.61. The normalized spacial score (nSPS) is 18.8. The zero-order valence-corrected chi connectivity index (χ0v) is 11.8. The Bertz CT molecular complexity index is 339. The van der Waals surface area contributed by atoms with E-state index in [4.69, 9.17) is 0 Å². The number of rotatable bonds is 5. The summed E-state index contributed by atoms with van der Waals surface area (Å²) in [7, 11) is 2.21. The first-order chi connectivity index (χ1) is 7.65. The zero-order valence-electron chi connectivity index (χ0n) is 10.1. The quantitative estimate of drug-likeness (QED) is 0.815. The number of aryl methyl sites for hydroxylation is 1. The molecule has 1 aromatic rings. The van der Waals surface area contributed by atoms with Gasteiger partial charge in [0.2, 0.25) is 0 Å². The highest BCUT2D eigenvalue weighted by molar-refractivity contribution is 7.80. The van der Waals surface area contributed by atoms with E-state index in [2.05, 4.69) is 36.5 Å². The van der Waals surface area contributed by atoms with Gasteiger partial charge in [-0.15, -0.1) is 11.3 Å². The van der Waals surface area contributed by atoms with Crippen molar-refractivity contribution in [1.29, 1.82) is 0 Å². The van der Waals surface area contributed by atoms with Gasteiger partial charge in [-0.3, -0.25) is 0 Å². The van der Waals surface area contributed by atoms with Crippen molar-refractivity contribution in [2.75, 3.05) is 19.3 Å². The molecular formula is C12H20N2S2. The van der Waals surface area contributed by atoms with E-state index in [0.29, 0.717) is 5.41 Å². The maximum atomic E-state index is 4.51. The standard InChI is InChI=1S/C12H20N2S2/c1-10-11(16-9-13-10)6-14(2)7-12(8-15)4-3-5-12/h9,15H,3-8H2,1-2H3. The van der Waals surface area contributed by atoms with Gasteiger partial charge >= 0.3 is 0 Å². The third-order valence-corrected chi connectivity index (χ3v) is 5.20. The first-order valence-electron chi connectivity index (χ1n) is 5.84. The third kappa shape index (κ3) is 2.60. The predicted molar refractivity (Wildman–Crippen MR) is 73.3 cm³/mol. The molecule has 1 aliphatic carbocycles. The molecule has 0 atom stereocenters. The summed E-state index contributed by atoms with van der Waals surface area (Å²) in [5, 5.41) is 0. The second kappa shape index (κ2) is 5.07. The Hall–Kier alpha value is -0.0600. The summed E-state index contributed by atoms with van der Waals surface area (Å²) in [6.07, 6.45) is 4.08. The Labute approximate surface area is 107 Å². The summed E-state index contributed by atoms with van der Waals surface area (Å²) in [4.78, 5) is 8.12. The number of nitrogens with zero attached hydrogens (tertiary/aromatic N) is 2. The van der Waals surface area contributed by atoms with Crippen LogP contribution in [-0.4, -0.2) is 29.2 Å². The van der Waals surface area contributed by atoms with Crippen LogP contribution in [0.2, 0.25) is 0 Å². The van der Waals surface area contributed by atoms with Crippen molar-refractivity contribution in [3.05, 3.63) is 16.1 Å². The van der Waals surface area contributed by atoms with E-state index < -0.39 is 0 Å². The van der Waals surface area contributed by atoms with Crippen LogP contribution in [0.5, 0.6) is 0 Å². The van der Waals surface area contributed by atoms with Gasteiger partial charge in [0.1, 0.15) is 0 Å². The van der Waals surface area contributed by atoms with Crippen molar-refractivity contribution >= 4 is 24.0 Å². The summed E-state index contributed by atoms with van der Waals surface area (Å²) in [6.45, 7) is 4.30. The molecule has 16 heavy (non-hydrogen) atoms. The van der Waals surface area contributed by atoms with Gasteiger partial charge in [-0.2, -0.15) is 12.6 Å². The monoisotopic (exact) mass is 256 g/mol. The van der Waals surface area contributed by atoms with Gasteiger partial charge in [0.15, 0.2) is 0 Å². The largest absolute Gasteiger partial charge is 0.301 e. The summed E-state index contributed by atoms with van der Waals surface area (Å²) < 4.78 is 0. The minimum Gasteiger partial charge on any atom is -0.301 e. The molecule has 0 amide bonds. The molecule has 0 bridgehead atoms. The molecule has 4 heteroatoms. The van der Waals surface area contributed by atoms with Crippen molar-refractivity contribution < 1.29 is 0 Å². The van der Waals surface area contributed by atoms with Crippen LogP contribution in [0.4, 0.5) is 0 Å². The van der Waals surface area contributed by atoms with E-state index in [9.17, 15) is 0 Å². The van der Waals surface area contributed by atoms with Gasteiger partial charge < -0.3 is 4.90 Å². The highest BCUT2D eigenvalue weighted by atomic mass is 32.1. The molecule has 0 saturated heterocycles. The fraction of sp³-hybridized carbons (Fsp3) is 0.750. The Morgan fingerprint density at radius 1 is 1.56 bits per heavy atom. The number of thiol groups is 1. The molecule has 0 N–H and O–H groups in total. The Kier molecular flexibility index (Phi) is 3.93. The lowest BCUT2D eigenvalue weighted by Crippen LogP contribution is -2.42. The van der Waals surface area contributed by atoms with Crippen molar-refractivity contribution in [3.8, 4) is 0 Å². The van der Waals surface area contributed by atoms with Gasteiger partial charge in [0.05, 0.1) is 11.2 Å². The van der Waals surface area contributed by atoms with Gasteiger partial charge in [-0.1, -0.05) is 6.42 Å². The Morgan fingerprint density at radius 2 is 2.31 bits per heavy atom. The van der Waals surface area contributed by atoms with E-state index in [1.54, 1.807) is 11.3 Å². The molecule has 0 aromatic carbocycles. The van der Waals surface area contributed by atoms with Gasteiger partial charge in [-0.25, -0.2) is 4.98 Å². The van der Waals surface area contributed by atoms with Crippen LogP contribution in [0.1, 0.15) is 29.8 Å². The molecule has 2 nitrogen and oxygen atoms in total. The van der Waals surface area contributed by atoms with Crippen molar-refractivity contribution in [2.45, 2.75) is 32.7 Å². The van der Waals surface area contributed by atoms with Gasteiger partial charge in [-0.05, 0) is 38.0 Å².